The number of amides is 4. The van der Waals surface area contributed by atoms with Crippen molar-refractivity contribution in [2.75, 3.05) is 78.5 Å². The fourth-order valence-corrected chi connectivity index (χ4v) is 7.62. The van der Waals surface area contributed by atoms with Gasteiger partial charge in [-0.3, -0.25) is 29.4 Å². The van der Waals surface area contributed by atoms with Crippen LogP contribution in [0.5, 0.6) is 0 Å². The van der Waals surface area contributed by atoms with Crippen LogP contribution in [0.1, 0.15) is 98.1 Å². The summed E-state index contributed by atoms with van der Waals surface area (Å²) in [5.74, 6) is -0.0547. The first-order valence-corrected chi connectivity index (χ1v) is 21.9. The summed E-state index contributed by atoms with van der Waals surface area (Å²) in [6.45, 7) is 18.7. The molecule has 16 nitrogen and oxygen atoms in total. The van der Waals surface area contributed by atoms with Crippen LogP contribution in [0.25, 0.3) is 0 Å². The molecule has 0 bridgehead atoms. The Morgan fingerprint density at radius 3 is 1.32 bits per heavy atom. The summed E-state index contributed by atoms with van der Waals surface area (Å²) in [5.41, 5.74) is 3.38. The maximum Gasteiger partial charge on any atom is 0.344 e. The zero-order valence-electron chi connectivity index (χ0n) is 36.1. The van der Waals surface area contributed by atoms with Crippen molar-refractivity contribution in [2.45, 2.75) is 79.3 Å². The molecular formula is C44H64N12O4. The molecule has 4 amide bonds. The number of piperazine rings is 2. The van der Waals surface area contributed by atoms with Crippen LogP contribution in [0.2, 0.25) is 0 Å². The molecule has 0 aromatic carbocycles. The molecule has 16 heteroatoms. The number of hydrogen-bond acceptors (Lipinski definition) is 10. The van der Waals surface area contributed by atoms with E-state index < -0.39 is 0 Å². The van der Waals surface area contributed by atoms with E-state index in [1.807, 2.05) is 61.9 Å². The Labute approximate surface area is 355 Å². The second-order valence-corrected chi connectivity index (χ2v) is 14.9. The van der Waals surface area contributed by atoms with Gasteiger partial charge in [0.2, 0.25) is 0 Å². The number of piperidine rings is 2. The highest BCUT2D eigenvalue weighted by atomic mass is 16.2. The van der Waals surface area contributed by atoms with Crippen molar-refractivity contribution in [3.05, 3.63) is 96.1 Å². The van der Waals surface area contributed by atoms with E-state index in [-0.39, 0.29) is 23.9 Å². The Balaban J connectivity index is 0.000000210. The van der Waals surface area contributed by atoms with Crippen LogP contribution in [0, 0.1) is 0 Å². The van der Waals surface area contributed by atoms with Crippen LogP contribution in [0.15, 0.2) is 73.8 Å². The second-order valence-electron chi connectivity index (χ2n) is 14.9. The summed E-state index contributed by atoms with van der Waals surface area (Å²) in [5, 5.41) is 8.30. The topological polar surface area (TPSA) is 149 Å². The smallest absolute Gasteiger partial charge is 0.339 e. The highest BCUT2D eigenvalue weighted by Gasteiger charge is 2.27. The molecule has 0 N–H and O–H groups in total. The Morgan fingerprint density at radius 1 is 0.467 bits per heavy atom. The van der Waals surface area contributed by atoms with Gasteiger partial charge in [-0.1, -0.05) is 33.8 Å². The molecule has 4 aliphatic heterocycles. The number of carbonyl (C=O) groups is 4. The molecular weight excluding hydrogens is 761 g/mol. The molecule has 0 atom stereocenters. The van der Waals surface area contributed by atoms with Crippen molar-refractivity contribution in [1.29, 1.82) is 0 Å². The average molecular weight is 825 g/mol. The summed E-state index contributed by atoms with van der Waals surface area (Å²) in [4.78, 5) is 70.8. The monoisotopic (exact) mass is 825 g/mol. The average Bonchev–Trinajstić information content (AvgIpc) is 4.03. The second kappa shape index (κ2) is 23.9. The number of carbonyl (C=O) groups excluding carboxylic acids is 4. The van der Waals surface area contributed by atoms with Gasteiger partial charge in [0.15, 0.2) is 0 Å². The summed E-state index contributed by atoms with van der Waals surface area (Å²) in [6.07, 6.45) is 19.9. The predicted molar refractivity (Wildman–Crippen MR) is 230 cm³/mol. The minimum Gasteiger partial charge on any atom is -0.339 e. The van der Waals surface area contributed by atoms with Crippen LogP contribution in [0.4, 0.5) is 9.59 Å². The van der Waals surface area contributed by atoms with E-state index in [1.54, 1.807) is 40.8 Å². The predicted octanol–water partition coefficient (Wildman–Crippen LogP) is 5.43. The molecule has 0 unspecified atom stereocenters. The standard InChI is InChI=1S/2C20H26N6O2.2C2H6/c27-19(24-8-2-1-3-9-24)18-14-22-26(16-18)20(28)25-12-10-23(11-13-25)15-17-4-6-21-7-5-17;27-19(24-7-2-1-3-8-24)18-14-22-26(16-18)20(28)25-11-9-23(10-12-25)15-17-5-4-6-21-13-17;2*1-2/h4-7,14,16H,1-3,8-13,15H2;4-6,13-14,16H,1-3,7-12,15H2;2*1-2H3. The SMILES string of the molecule is CC.CC.O=C(c1cnn(C(=O)N2CCN(Cc3cccnc3)CC2)c1)N1CCCCC1.O=C(c1cnn(C(=O)N2CCN(Cc3ccncc3)CC2)c1)N1CCCCC1. The van der Waals surface area contributed by atoms with Gasteiger partial charge in [-0.15, -0.1) is 0 Å². The first-order valence-electron chi connectivity index (χ1n) is 21.9. The number of likely N-dealkylation sites (tertiary alicyclic amines) is 2. The van der Waals surface area contributed by atoms with Crippen LogP contribution < -0.4 is 0 Å². The lowest BCUT2D eigenvalue weighted by Crippen LogP contribution is -2.49. The Kier molecular flexibility index (Phi) is 18.2. The third kappa shape index (κ3) is 12.8. The van der Waals surface area contributed by atoms with Gasteiger partial charge >= 0.3 is 12.1 Å². The summed E-state index contributed by atoms with van der Waals surface area (Å²) >= 11 is 0. The van der Waals surface area contributed by atoms with Crippen LogP contribution >= 0.6 is 0 Å². The van der Waals surface area contributed by atoms with Gasteiger partial charge in [-0.25, -0.2) is 9.59 Å². The highest BCUT2D eigenvalue weighted by Crippen LogP contribution is 2.16. The molecule has 8 rings (SSSR count). The third-order valence-electron chi connectivity index (χ3n) is 10.9. The molecule has 4 aromatic rings. The van der Waals surface area contributed by atoms with Gasteiger partial charge in [0.05, 0.1) is 23.5 Å². The number of rotatable bonds is 6. The van der Waals surface area contributed by atoms with E-state index in [9.17, 15) is 19.2 Å². The van der Waals surface area contributed by atoms with Gasteiger partial charge in [0.25, 0.3) is 11.8 Å². The first kappa shape index (κ1) is 45.6. The molecule has 0 radical (unpaired) electrons. The van der Waals surface area contributed by atoms with Gasteiger partial charge in [0, 0.05) is 129 Å². The minimum absolute atomic E-state index is 0.0269. The zero-order chi connectivity index (χ0) is 42.7. The lowest BCUT2D eigenvalue weighted by atomic mass is 10.1. The Bertz CT molecular complexity index is 1750. The highest BCUT2D eigenvalue weighted by molar-refractivity contribution is 5.95. The zero-order valence-corrected chi connectivity index (χ0v) is 36.1. The Morgan fingerprint density at radius 2 is 0.900 bits per heavy atom. The maximum atomic E-state index is 12.8. The molecule has 324 valence electrons. The van der Waals surface area contributed by atoms with Crippen LogP contribution in [-0.4, -0.2) is 161 Å². The summed E-state index contributed by atoms with van der Waals surface area (Å²) in [7, 11) is 0. The molecule has 0 spiro atoms. The van der Waals surface area contributed by atoms with E-state index in [4.69, 9.17) is 0 Å². The molecule has 4 aliphatic rings. The van der Waals surface area contributed by atoms with E-state index in [0.717, 1.165) is 91.1 Å². The molecule has 4 aromatic heterocycles. The summed E-state index contributed by atoms with van der Waals surface area (Å²) < 4.78 is 2.60. The first-order chi connectivity index (χ1) is 29.4. The van der Waals surface area contributed by atoms with Crippen molar-refractivity contribution < 1.29 is 19.2 Å². The normalized spacial score (nSPS) is 17.3. The van der Waals surface area contributed by atoms with E-state index in [0.29, 0.717) is 37.3 Å². The van der Waals surface area contributed by atoms with E-state index >= 15 is 0 Å². The minimum atomic E-state index is -0.168. The van der Waals surface area contributed by atoms with E-state index in [2.05, 4.69) is 36.0 Å². The number of hydrogen-bond donors (Lipinski definition) is 0. The van der Waals surface area contributed by atoms with Gasteiger partial charge in [0.1, 0.15) is 0 Å². The van der Waals surface area contributed by atoms with Gasteiger partial charge < -0.3 is 19.6 Å². The molecule has 60 heavy (non-hydrogen) atoms. The fraction of sp³-hybridized carbons (Fsp3) is 0.545. The molecule has 0 saturated carbocycles. The number of pyridine rings is 2. The molecule has 4 fully saturated rings. The largest absolute Gasteiger partial charge is 0.344 e. The van der Waals surface area contributed by atoms with E-state index in [1.165, 1.54) is 45.7 Å². The molecule has 4 saturated heterocycles. The van der Waals surface area contributed by atoms with Crippen molar-refractivity contribution in [3.63, 3.8) is 0 Å². The quantitative estimate of drug-likeness (QED) is 0.247. The van der Waals surface area contributed by atoms with Gasteiger partial charge in [-0.05, 0) is 67.9 Å². The van der Waals surface area contributed by atoms with Crippen LogP contribution in [-0.2, 0) is 13.1 Å². The number of nitrogens with zero attached hydrogens (tertiary/aromatic N) is 12. The fourth-order valence-electron chi connectivity index (χ4n) is 7.62. The molecule has 8 heterocycles. The van der Waals surface area contributed by atoms with Crippen molar-refractivity contribution in [3.8, 4) is 0 Å². The summed E-state index contributed by atoms with van der Waals surface area (Å²) in [6, 6.07) is 7.70. The lowest BCUT2D eigenvalue weighted by molar-refractivity contribution is 0.0717. The van der Waals surface area contributed by atoms with Crippen LogP contribution in [0.3, 0.4) is 0 Å². The number of aromatic nitrogens is 6. The molecule has 0 aliphatic carbocycles. The lowest BCUT2D eigenvalue weighted by Gasteiger charge is -2.34. The van der Waals surface area contributed by atoms with Gasteiger partial charge in [-0.2, -0.15) is 19.6 Å². The van der Waals surface area contributed by atoms with Crippen molar-refractivity contribution in [1.82, 2.24) is 58.9 Å². The third-order valence-corrected chi connectivity index (χ3v) is 10.9. The van der Waals surface area contributed by atoms with Crippen molar-refractivity contribution in [2.24, 2.45) is 0 Å². The maximum absolute atomic E-state index is 12.8. The Hall–Kier alpha value is -5.48. The van der Waals surface area contributed by atoms with Crippen molar-refractivity contribution >= 4 is 23.9 Å².